The van der Waals surface area contributed by atoms with Gasteiger partial charge in [-0.15, -0.1) is 0 Å². The van der Waals surface area contributed by atoms with Crippen molar-refractivity contribution in [3.63, 3.8) is 0 Å². The maximum absolute atomic E-state index is 12.6. The zero-order valence-electron chi connectivity index (χ0n) is 17.9. The van der Waals surface area contributed by atoms with Crippen LogP contribution < -0.4 is 10.1 Å². The standard InChI is InChI=1S/C25H22Cl2N2O3/c1-4-14(2)16-7-10-22-21(13-16)29-25(32-22)15-5-8-18(9-6-15)28-24(30)17-11-19(26)23(31-3)20(27)12-17/h5-14H,4H2,1-3H3,(H,28,30). The van der Waals surface area contributed by atoms with Crippen LogP contribution in [0.3, 0.4) is 0 Å². The second kappa shape index (κ2) is 9.23. The number of benzene rings is 3. The number of oxazole rings is 1. The summed E-state index contributed by atoms with van der Waals surface area (Å²) in [5.41, 5.74) is 4.61. The van der Waals surface area contributed by atoms with E-state index in [-0.39, 0.29) is 16.0 Å². The van der Waals surface area contributed by atoms with Gasteiger partial charge in [-0.25, -0.2) is 4.98 Å². The number of hydrogen-bond acceptors (Lipinski definition) is 4. The molecule has 0 radical (unpaired) electrons. The molecular formula is C25H22Cl2N2O3. The van der Waals surface area contributed by atoms with Gasteiger partial charge in [-0.05, 0) is 66.4 Å². The van der Waals surface area contributed by atoms with Crippen LogP contribution in [0.5, 0.6) is 5.75 Å². The number of hydrogen-bond donors (Lipinski definition) is 1. The molecule has 1 atom stereocenters. The number of ether oxygens (including phenoxy) is 1. The Morgan fingerprint density at radius 2 is 1.78 bits per heavy atom. The van der Waals surface area contributed by atoms with Crippen LogP contribution >= 0.6 is 23.2 Å². The molecule has 5 nitrogen and oxygen atoms in total. The van der Waals surface area contributed by atoms with Gasteiger partial charge in [0.05, 0.1) is 17.2 Å². The average molecular weight is 469 g/mol. The first-order valence-electron chi connectivity index (χ1n) is 10.2. The van der Waals surface area contributed by atoms with E-state index in [1.807, 2.05) is 18.2 Å². The number of carbonyl (C=O) groups is 1. The minimum absolute atomic E-state index is 0.271. The molecule has 7 heteroatoms. The largest absolute Gasteiger partial charge is 0.494 e. The third-order valence-corrected chi connectivity index (χ3v) is 6.01. The summed E-state index contributed by atoms with van der Waals surface area (Å²) in [6, 6.07) is 16.4. The Balaban J connectivity index is 1.52. The Hall–Kier alpha value is -3.02. The Kier molecular flexibility index (Phi) is 6.40. The van der Waals surface area contributed by atoms with Crippen molar-refractivity contribution in [2.45, 2.75) is 26.2 Å². The minimum atomic E-state index is -0.330. The quantitative estimate of drug-likeness (QED) is 0.316. The fourth-order valence-corrected chi connectivity index (χ4v) is 4.04. The second-order valence-corrected chi connectivity index (χ2v) is 8.37. The molecule has 0 bridgehead atoms. The van der Waals surface area contributed by atoms with Crippen molar-refractivity contribution in [1.82, 2.24) is 4.98 Å². The summed E-state index contributed by atoms with van der Waals surface area (Å²) in [4.78, 5) is 17.2. The molecule has 1 heterocycles. The summed E-state index contributed by atoms with van der Waals surface area (Å²) >= 11 is 12.3. The monoisotopic (exact) mass is 468 g/mol. The van der Waals surface area contributed by atoms with Crippen molar-refractivity contribution in [2.24, 2.45) is 0 Å². The summed E-state index contributed by atoms with van der Waals surface area (Å²) in [6.45, 7) is 4.37. The smallest absolute Gasteiger partial charge is 0.255 e. The van der Waals surface area contributed by atoms with Crippen LogP contribution in [0.4, 0.5) is 5.69 Å². The lowest BCUT2D eigenvalue weighted by molar-refractivity contribution is 0.102. The zero-order chi connectivity index (χ0) is 22.8. The van der Waals surface area contributed by atoms with Crippen molar-refractivity contribution >= 4 is 45.9 Å². The maximum atomic E-state index is 12.6. The summed E-state index contributed by atoms with van der Waals surface area (Å²) < 4.78 is 11.0. The van der Waals surface area contributed by atoms with Gasteiger partial charge in [-0.3, -0.25) is 4.79 Å². The van der Waals surface area contributed by atoms with E-state index in [1.165, 1.54) is 24.8 Å². The van der Waals surface area contributed by atoms with Crippen LogP contribution in [0.1, 0.15) is 42.1 Å². The molecule has 164 valence electrons. The summed E-state index contributed by atoms with van der Waals surface area (Å²) in [5.74, 6) is 1.01. The number of anilines is 1. The highest BCUT2D eigenvalue weighted by Gasteiger charge is 2.15. The Morgan fingerprint density at radius 3 is 2.41 bits per heavy atom. The van der Waals surface area contributed by atoms with Gasteiger partial charge in [-0.2, -0.15) is 0 Å². The molecule has 4 aromatic rings. The van der Waals surface area contributed by atoms with Crippen LogP contribution in [0.25, 0.3) is 22.6 Å². The van der Waals surface area contributed by atoms with E-state index >= 15 is 0 Å². The van der Waals surface area contributed by atoms with Crippen LogP contribution in [-0.4, -0.2) is 18.0 Å². The van der Waals surface area contributed by atoms with Crippen molar-refractivity contribution in [3.8, 4) is 17.2 Å². The van der Waals surface area contributed by atoms with Crippen LogP contribution in [0, 0.1) is 0 Å². The highest BCUT2D eigenvalue weighted by atomic mass is 35.5. The van der Waals surface area contributed by atoms with Crippen molar-refractivity contribution in [1.29, 1.82) is 0 Å². The topological polar surface area (TPSA) is 64.4 Å². The molecule has 0 saturated carbocycles. The van der Waals surface area contributed by atoms with E-state index in [1.54, 1.807) is 12.1 Å². The highest BCUT2D eigenvalue weighted by Crippen LogP contribution is 2.34. The number of amides is 1. The number of fused-ring (bicyclic) bond motifs is 1. The van der Waals surface area contributed by atoms with Crippen LogP contribution in [-0.2, 0) is 0 Å². The van der Waals surface area contributed by atoms with Gasteiger partial charge in [0.1, 0.15) is 5.52 Å². The molecule has 0 spiro atoms. The lowest BCUT2D eigenvalue weighted by Crippen LogP contribution is -2.12. The van der Waals surface area contributed by atoms with Crippen molar-refractivity contribution in [3.05, 3.63) is 75.8 Å². The van der Waals surface area contributed by atoms with E-state index in [9.17, 15) is 4.79 Å². The minimum Gasteiger partial charge on any atom is -0.494 e. The molecule has 1 aromatic heterocycles. The first-order chi connectivity index (χ1) is 15.4. The van der Waals surface area contributed by atoms with Gasteiger partial charge in [0, 0.05) is 16.8 Å². The Labute approximate surface area is 196 Å². The molecule has 1 amide bonds. The van der Waals surface area contributed by atoms with Gasteiger partial charge in [0.15, 0.2) is 11.3 Å². The second-order valence-electron chi connectivity index (χ2n) is 7.56. The van der Waals surface area contributed by atoms with E-state index in [0.717, 1.165) is 23.1 Å². The fraction of sp³-hybridized carbons (Fsp3) is 0.200. The molecule has 0 aliphatic heterocycles. The molecular weight excluding hydrogens is 447 g/mol. The van der Waals surface area contributed by atoms with Gasteiger partial charge >= 0.3 is 0 Å². The predicted octanol–water partition coefficient (Wildman–Crippen LogP) is 7.58. The maximum Gasteiger partial charge on any atom is 0.255 e. The number of nitrogens with one attached hydrogen (secondary N) is 1. The molecule has 1 unspecified atom stereocenters. The SMILES string of the molecule is CCC(C)c1ccc2oc(-c3ccc(NC(=O)c4cc(Cl)c(OC)c(Cl)c4)cc3)nc2c1. The highest BCUT2D eigenvalue weighted by molar-refractivity contribution is 6.37. The van der Waals surface area contributed by atoms with E-state index in [4.69, 9.17) is 32.4 Å². The van der Waals surface area contributed by atoms with Gasteiger partial charge in [-0.1, -0.05) is 43.1 Å². The predicted molar refractivity (Wildman–Crippen MR) is 129 cm³/mol. The molecule has 0 saturated heterocycles. The van der Waals surface area contributed by atoms with Crippen molar-refractivity contribution in [2.75, 3.05) is 12.4 Å². The van der Waals surface area contributed by atoms with Gasteiger partial charge in [0.25, 0.3) is 5.91 Å². The first-order valence-corrected chi connectivity index (χ1v) is 11.0. The van der Waals surface area contributed by atoms with Gasteiger partial charge in [0.2, 0.25) is 5.89 Å². The normalized spacial score (nSPS) is 12.0. The third kappa shape index (κ3) is 4.45. The Morgan fingerprint density at radius 1 is 1.09 bits per heavy atom. The lowest BCUT2D eigenvalue weighted by Gasteiger charge is -2.09. The number of rotatable bonds is 6. The first kappa shape index (κ1) is 22.2. The molecule has 0 fully saturated rings. The fourth-order valence-electron chi connectivity index (χ4n) is 3.40. The van der Waals surface area contributed by atoms with Crippen LogP contribution in [0.15, 0.2) is 59.0 Å². The zero-order valence-corrected chi connectivity index (χ0v) is 19.4. The summed E-state index contributed by atoms with van der Waals surface area (Å²) in [7, 11) is 1.47. The van der Waals surface area contributed by atoms with Crippen LogP contribution in [0.2, 0.25) is 10.0 Å². The molecule has 32 heavy (non-hydrogen) atoms. The molecule has 1 N–H and O–H groups in total. The average Bonchev–Trinajstić information content (AvgIpc) is 3.22. The summed E-state index contributed by atoms with van der Waals surface area (Å²) in [5, 5.41) is 3.38. The molecule has 0 aliphatic carbocycles. The lowest BCUT2D eigenvalue weighted by atomic mass is 9.98. The number of methoxy groups -OCH3 is 1. The third-order valence-electron chi connectivity index (χ3n) is 5.45. The van der Waals surface area contributed by atoms with E-state index < -0.39 is 0 Å². The number of aromatic nitrogens is 1. The summed E-state index contributed by atoms with van der Waals surface area (Å²) in [6.07, 6.45) is 1.07. The van der Waals surface area contributed by atoms with Gasteiger partial charge < -0.3 is 14.5 Å². The number of halogens is 2. The van der Waals surface area contributed by atoms with E-state index in [0.29, 0.717) is 28.8 Å². The molecule has 0 aliphatic rings. The van der Waals surface area contributed by atoms with Crippen molar-refractivity contribution < 1.29 is 13.9 Å². The van der Waals surface area contributed by atoms with E-state index in [2.05, 4.69) is 36.3 Å². The Bertz CT molecular complexity index is 1260. The number of carbonyl (C=O) groups excluding carboxylic acids is 1. The molecule has 4 rings (SSSR count). The molecule has 3 aromatic carbocycles. The number of nitrogens with zero attached hydrogens (tertiary/aromatic N) is 1.